The Morgan fingerprint density at radius 3 is 2.43 bits per heavy atom. The Morgan fingerprint density at radius 2 is 1.77 bits per heavy atom. The van der Waals surface area contributed by atoms with Crippen LogP contribution >= 0.6 is 0 Å². The van der Waals surface area contributed by atoms with Gasteiger partial charge in [0.05, 0.1) is 0 Å². The van der Waals surface area contributed by atoms with Crippen molar-refractivity contribution < 1.29 is 18.7 Å². The summed E-state index contributed by atoms with van der Waals surface area (Å²) in [5, 5.41) is 2.84. The number of nitrogens with zero attached hydrogens (tertiary/aromatic N) is 1. The quantitative estimate of drug-likeness (QED) is 0.674. The van der Waals surface area contributed by atoms with Crippen molar-refractivity contribution in [3.05, 3.63) is 65.0 Å². The molecule has 162 valence electrons. The van der Waals surface area contributed by atoms with Crippen molar-refractivity contribution in [2.75, 3.05) is 13.2 Å². The standard InChI is InChI=1S/C24H31FN2O3/c1-16(2)13-26-24(29)19(5)27(14-20-10-6-7-11-21(20)25)23(28)15-30-22-12-8-9-17(3)18(22)4/h6-12,16,19H,13-15H2,1-5H3,(H,26,29)/t19-/m1/s1. The van der Waals surface area contributed by atoms with E-state index >= 15 is 0 Å². The summed E-state index contributed by atoms with van der Waals surface area (Å²) >= 11 is 0. The Kier molecular flexibility index (Phi) is 8.39. The number of carbonyl (C=O) groups is 2. The molecular formula is C24H31FN2O3. The van der Waals surface area contributed by atoms with E-state index < -0.39 is 11.9 Å². The third kappa shape index (κ3) is 6.31. The van der Waals surface area contributed by atoms with E-state index in [0.717, 1.165) is 11.1 Å². The van der Waals surface area contributed by atoms with Crippen LogP contribution in [0.1, 0.15) is 37.5 Å². The van der Waals surface area contributed by atoms with Crippen molar-refractivity contribution >= 4 is 11.8 Å². The van der Waals surface area contributed by atoms with Gasteiger partial charge in [0.15, 0.2) is 6.61 Å². The summed E-state index contributed by atoms with van der Waals surface area (Å²) < 4.78 is 19.9. The monoisotopic (exact) mass is 414 g/mol. The van der Waals surface area contributed by atoms with Gasteiger partial charge in [-0.2, -0.15) is 0 Å². The van der Waals surface area contributed by atoms with Gasteiger partial charge >= 0.3 is 0 Å². The van der Waals surface area contributed by atoms with Crippen molar-refractivity contribution in [3.63, 3.8) is 0 Å². The lowest BCUT2D eigenvalue weighted by atomic mass is 10.1. The summed E-state index contributed by atoms with van der Waals surface area (Å²) in [5.41, 5.74) is 2.36. The zero-order valence-electron chi connectivity index (χ0n) is 18.4. The fraction of sp³-hybridized carbons (Fsp3) is 0.417. The summed E-state index contributed by atoms with van der Waals surface area (Å²) in [6.45, 7) is 9.77. The molecule has 6 heteroatoms. The van der Waals surface area contributed by atoms with Crippen LogP contribution in [0.25, 0.3) is 0 Å². The number of carbonyl (C=O) groups excluding carboxylic acids is 2. The summed E-state index contributed by atoms with van der Waals surface area (Å²) in [7, 11) is 0. The van der Waals surface area contributed by atoms with Crippen LogP contribution in [0.15, 0.2) is 42.5 Å². The zero-order valence-corrected chi connectivity index (χ0v) is 18.4. The summed E-state index contributed by atoms with van der Waals surface area (Å²) in [6, 6.07) is 11.1. The number of amides is 2. The summed E-state index contributed by atoms with van der Waals surface area (Å²) in [5.74, 6) is -0.178. The van der Waals surface area contributed by atoms with Gasteiger partial charge in [-0.15, -0.1) is 0 Å². The second-order valence-corrected chi connectivity index (χ2v) is 7.91. The highest BCUT2D eigenvalue weighted by atomic mass is 19.1. The van der Waals surface area contributed by atoms with E-state index in [1.54, 1.807) is 31.2 Å². The van der Waals surface area contributed by atoms with Gasteiger partial charge in [0, 0.05) is 18.7 Å². The largest absolute Gasteiger partial charge is 0.483 e. The number of halogens is 1. The molecule has 0 saturated heterocycles. The van der Waals surface area contributed by atoms with Crippen LogP contribution in [0.4, 0.5) is 4.39 Å². The molecule has 0 aliphatic rings. The average molecular weight is 415 g/mol. The van der Waals surface area contributed by atoms with Crippen LogP contribution < -0.4 is 10.1 Å². The van der Waals surface area contributed by atoms with Crippen LogP contribution in [-0.4, -0.2) is 35.9 Å². The fourth-order valence-electron chi connectivity index (χ4n) is 2.95. The van der Waals surface area contributed by atoms with E-state index in [4.69, 9.17) is 4.74 Å². The van der Waals surface area contributed by atoms with Crippen molar-refractivity contribution in [1.82, 2.24) is 10.2 Å². The molecule has 0 fully saturated rings. The number of hydrogen-bond acceptors (Lipinski definition) is 3. The normalized spacial score (nSPS) is 11.8. The molecule has 0 heterocycles. The summed E-state index contributed by atoms with van der Waals surface area (Å²) in [4.78, 5) is 27.0. The van der Waals surface area contributed by atoms with Gasteiger partial charge in [-0.1, -0.05) is 44.2 Å². The summed E-state index contributed by atoms with van der Waals surface area (Å²) in [6.07, 6.45) is 0. The van der Waals surface area contributed by atoms with Crippen LogP contribution in [0, 0.1) is 25.6 Å². The van der Waals surface area contributed by atoms with Crippen LogP contribution in [0.2, 0.25) is 0 Å². The second-order valence-electron chi connectivity index (χ2n) is 7.91. The zero-order chi connectivity index (χ0) is 22.3. The van der Waals surface area contributed by atoms with E-state index in [9.17, 15) is 14.0 Å². The molecule has 2 amide bonds. The molecular weight excluding hydrogens is 383 g/mol. The maximum Gasteiger partial charge on any atom is 0.261 e. The minimum atomic E-state index is -0.766. The number of hydrogen-bond donors (Lipinski definition) is 1. The van der Waals surface area contributed by atoms with Crippen molar-refractivity contribution in [3.8, 4) is 5.75 Å². The number of ether oxygens (including phenoxy) is 1. The van der Waals surface area contributed by atoms with Crippen LogP contribution in [0.3, 0.4) is 0 Å². The molecule has 5 nitrogen and oxygen atoms in total. The molecule has 2 aromatic carbocycles. The molecule has 0 bridgehead atoms. The third-order valence-corrected chi connectivity index (χ3v) is 5.06. The lowest BCUT2D eigenvalue weighted by molar-refractivity contribution is -0.142. The molecule has 0 aromatic heterocycles. The van der Waals surface area contributed by atoms with E-state index in [2.05, 4.69) is 5.32 Å². The van der Waals surface area contributed by atoms with Gasteiger partial charge in [0.1, 0.15) is 17.6 Å². The molecule has 0 aliphatic carbocycles. The molecule has 30 heavy (non-hydrogen) atoms. The van der Waals surface area contributed by atoms with E-state index in [1.165, 1.54) is 11.0 Å². The first-order chi connectivity index (χ1) is 14.2. The highest BCUT2D eigenvalue weighted by molar-refractivity contribution is 5.88. The van der Waals surface area contributed by atoms with Crippen LogP contribution in [0.5, 0.6) is 5.75 Å². The van der Waals surface area contributed by atoms with Crippen LogP contribution in [-0.2, 0) is 16.1 Å². The first kappa shape index (κ1) is 23.4. The van der Waals surface area contributed by atoms with Gasteiger partial charge in [0.25, 0.3) is 5.91 Å². The Morgan fingerprint density at radius 1 is 1.07 bits per heavy atom. The lowest BCUT2D eigenvalue weighted by Gasteiger charge is -2.29. The lowest BCUT2D eigenvalue weighted by Crippen LogP contribution is -2.49. The average Bonchev–Trinajstić information content (AvgIpc) is 2.71. The molecule has 2 aromatic rings. The SMILES string of the molecule is Cc1cccc(OCC(=O)N(Cc2ccccc2F)[C@H](C)C(=O)NCC(C)C)c1C. The Bertz CT molecular complexity index is 883. The Labute approximate surface area is 178 Å². The fourth-order valence-corrected chi connectivity index (χ4v) is 2.95. The van der Waals surface area contributed by atoms with Crippen molar-refractivity contribution in [2.24, 2.45) is 5.92 Å². The first-order valence-electron chi connectivity index (χ1n) is 10.2. The first-order valence-corrected chi connectivity index (χ1v) is 10.2. The number of aryl methyl sites for hydroxylation is 1. The molecule has 0 spiro atoms. The van der Waals surface area contributed by atoms with Gasteiger partial charge in [-0.25, -0.2) is 4.39 Å². The molecule has 0 unspecified atom stereocenters. The number of nitrogens with one attached hydrogen (secondary N) is 1. The maximum absolute atomic E-state index is 14.2. The van der Waals surface area contributed by atoms with Crippen molar-refractivity contribution in [2.45, 2.75) is 47.2 Å². The molecule has 0 aliphatic heterocycles. The van der Waals surface area contributed by atoms with Gasteiger partial charge in [0.2, 0.25) is 5.91 Å². The smallest absolute Gasteiger partial charge is 0.261 e. The molecule has 1 atom stereocenters. The second kappa shape index (κ2) is 10.8. The highest BCUT2D eigenvalue weighted by Crippen LogP contribution is 2.21. The predicted molar refractivity (Wildman–Crippen MR) is 116 cm³/mol. The molecule has 2 rings (SSSR count). The topological polar surface area (TPSA) is 58.6 Å². The number of benzene rings is 2. The minimum Gasteiger partial charge on any atom is -0.483 e. The third-order valence-electron chi connectivity index (χ3n) is 5.06. The molecule has 1 N–H and O–H groups in total. The Hall–Kier alpha value is -2.89. The van der Waals surface area contributed by atoms with Gasteiger partial charge < -0.3 is 15.0 Å². The van der Waals surface area contributed by atoms with E-state index in [1.807, 2.05) is 39.8 Å². The highest BCUT2D eigenvalue weighted by Gasteiger charge is 2.27. The molecule has 0 radical (unpaired) electrons. The minimum absolute atomic E-state index is 0.0159. The van der Waals surface area contributed by atoms with E-state index in [0.29, 0.717) is 17.9 Å². The van der Waals surface area contributed by atoms with E-state index in [-0.39, 0.29) is 30.9 Å². The van der Waals surface area contributed by atoms with Gasteiger partial charge in [-0.3, -0.25) is 9.59 Å². The van der Waals surface area contributed by atoms with Gasteiger partial charge in [-0.05, 0) is 49.9 Å². The molecule has 0 saturated carbocycles. The maximum atomic E-state index is 14.2. The van der Waals surface area contributed by atoms with Crippen molar-refractivity contribution in [1.29, 1.82) is 0 Å². The number of rotatable bonds is 9. The predicted octanol–water partition coefficient (Wildman–Crippen LogP) is 4.01. The Balaban J connectivity index is 2.18.